The van der Waals surface area contributed by atoms with Crippen LogP contribution in [0.2, 0.25) is 0 Å². The van der Waals surface area contributed by atoms with E-state index in [1.54, 1.807) is 22.2 Å². The Balaban J connectivity index is 1.48. The Labute approximate surface area is 155 Å². The number of carbonyl (C=O) groups is 1. The number of fused-ring (bicyclic) bond motifs is 3. The Morgan fingerprint density at radius 1 is 1.35 bits per heavy atom. The van der Waals surface area contributed by atoms with Crippen molar-refractivity contribution in [3.8, 4) is 11.3 Å². The molecular weight excluding hydrogens is 348 g/mol. The average Bonchev–Trinajstić information content (AvgIpc) is 3.28. The number of aromatic nitrogens is 3. The van der Waals surface area contributed by atoms with E-state index in [0.717, 1.165) is 48.3 Å². The minimum Gasteiger partial charge on any atom is -0.477 e. The first-order chi connectivity index (χ1) is 12.7. The van der Waals surface area contributed by atoms with Crippen LogP contribution in [0.25, 0.3) is 11.3 Å². The first-order valence-corrected chi connectivity index (χ1v) is 9.61. The summed E-state index contributed by atoms with van der Waals surface area (Å²) in [6.07, 6.45) is 5.93. The van der Waals surface area contributed by atoms with Crippen LogP contribution in [0.4, 0.5) is 0 Å². The Bertz CT molecular complexity index is 918. The number of pyridine rings is 1. The third-order valence-corrected chi connectivity index (χ3v) is 5.54. The molecule has 3 aromatic rings. The van der Waals surface area contributed by atoms with E-state index in [4.69, 9.17) is 0 Å². The third-order valence-electron chi connectivity index (χ3n) is 4.66. The summed E-state index contributed by atoms with van der Waals surface area (Å²) in [7, 11) is 0. The quantitative estimate of drug-likeness (QED) is 0.627. The largest absolute Gasteiger partial charge is 0.477 e. The maximum atomic E-state index is 11.8. The van der Waals surface area contributed by atoms with Gasteiger partial charge in [-0.25, -0.2) is 4.79 Å². The smallest absolute Gasteiger partial charge is 0.354 e. The number of rotatable bonds is 7. The van der Waals surface area contributed by atoms with E-state index in [9.17, 15) is 9.90 Å². The summed E-state index contributed by atoms with van der Waals surface area (Å²) in [5.74, 6) is -0.900. The zero-order valence-electron chi connectivity index (χ0n) is 14.3. The molecule has 2 N–H and O–H groups in total. The molecule has 0 bridgehead atoms. The monoisotopic (exact) mass is 368 g/mol. The lowest BCUT2D eigenvalue weighted by Gasteiger charge is -2.14. The number of carboxylic acids is 1. The third kappa shape index (κ3) is 3.27. The number of nitrogens with zero attached hydrogens (tertiary/aromatic N) is 3. The van der Waals surface area contributed by atoms with Crippen molar-refractivity contribution in [3.05, 3.63) is 57.7 Å². The van der Waals surface area contributed by atoms with Gasteiger partial charge in [0.15, 0.2) is 0 Å². The maximum Gasteiger partial charge on any atom is 0.354 e. The highest BCUT2D eigenvalue weighted by Gasteiger charge is 2.27. The van der Waals surface area contributed by atoms with Gasteiger partial charge in [-0.1, -0.05) is 6.07 Å². The van der Waals surface area contributed by atoms with Gasteiger partial charge in [0.05, 0.1) is 5.69 Å². The van der Waals surface area contributed by atoms with Crippen LogP contribution >= 0.6 is 11.3 Å². The number of hydrogen-bond donors (Lipinski definition) is 2. The molecule has 0 radical (unpaired) electrons. The first-order valence-electron chi connectivity index (χ1n) is 8.73. The van der Waals surface area contributed by atoms with Crippen molar-refractivity contribution in [2.45, 2.75) is 32.4 Å². The number of carboxylic acid groups (broad SMARTS) is 1. The Kier molecular flexibility index (Phi) is 4.81. The highest BCUT2D eigenvalue weighted by atomic mass is 32.1. The van der Waals surface area contributed by atoms with Crippen molar-refractivity contribution in [2.75, 3.05) is 6.54 Å². The maximum absolute atomic E-state index is 11.8. The summed E-state index contributed by atoms with van der Waals surface area (Å²) in [4.78, 5) is 17.3. The number of thiophene rings is 1. The molecule has 0 aliphatic heterocycles. The lowest BCUT2D eigenvalue weighted by Crippen LogP contribution is -2.18. The fourth-order valence-corrected chi connectivity index (χ4v) is 4.12. The molecule has 0 fully saturated rings. The van der Waals surface area contributed by atoms with Crippen LogP contribution in [0.15, 0.2) is 36.0 Å². The van der Waals surface area contributed by atoms with Crippen molar-refractivity contribution in [1.29, 1.82) is 0 Å². The Morgan fingerprint density at radius 2 is 2.27 bits per heavy atom. The van der Waals surface area contributed by atoms with Crippen LogP contribution < -0.4 is 5.32 Å². The number of nitrogens with one attached hydrogen (secondary N) is 1. The van der Waals surface area contributed by atoms with Crippen LogP contribution in [0.5, 0.6) is 0 Å². The highest BCUT2D eigenvalue weighted by molar-refractivity contribution is 7.09. The molecule has 26 heavy (non-hydrogen) atoms. The normalized spacial score (nSPS) is 12.6. The summed E-state index contributed by atoms with van der Waals surface area (Å²) >= 11 is 1.73. The fourth-order valence-electron chi connectivity index (χ4n) is 3.45. The minimum absolute atomic E-state index is 0.334. The van der Waals surface area contributed by atoms with Crippen molar-refractivity contribution in [3.63, 3.8) is 0 Å². The van der Waals surface area contributed by atoms with Gasteiger partial charge >= 0.3 is 5.97 Å². The van der Waals surface area contributed by atoms with Gasteiger partial charge in [0.2, 0.25) is 0 Å². The van der Waals surface area contributed by atoms with Gasteiger partial charge in [-0.2, -0.15) is 5.10 Å². The van der Waals surface area contributed by atoms with Gasteiger partial charge < -0.3 is 10.4 Å². The second-order valence-electron chi connectivity index (χ2n) is 6.35. The SMILES string of the molecule is O=C(O)c1c2c(nn1CCCNCc1cccs1)-c1ccncc1CC2. The van der Waals surface area contributed by atoms with Gasteiger partial charge in [-0.3, -0.25) is 9.67 Å². The summed E-state index contributed by atoms with van der Waals surface area (Å²) < 4.78 is 1.66. The van der Waals surface area contributed by atoms with Gasteiger partial charge in [0.25, 0.3) is 0 Å². The van der Waals surface area contributed by atoms with Gasteiger partial charge in [-0.15, -0.1) is 11.3 Å². The Hall–Kier alpha value is -2.51. The van der Waals surface area contributed by atoms with Crippen molar-refractivity contribution in [2.24, 2.45) is 0 Å². The molecule has 3 heterocycles. The number of aromatic carboxylic acids is 1. The molecule has 1 aliphatic carbocycles. The van der Waals surface area contributed by atoms with Crippen LogP contribution in [0, 0.1) is 0 Å². The predicted octanol–water partition coefficient (Wildman–Crippen LogP) is 2.98. The molecule has 0 amide bonds. The first kappa shape index (κ1) is 16.9. The number of aryl methyl sites for hydroxylation is 2. The second kappa shape index (κ2) is 7.39. The Morgan fingerprint density at radius 3 is 3.08 bits per heavy atom. The van der Waals surface area contributed by atoms with E-state index in [1.807, 2.05) is 18.3 Å². The van der Waals surface area contributed by atoms with E-state index < -0.39 is 5.97 Å². The molecule has 1 aliphatic rings. The van der Waals surface area contributed by atoms with Crippen LogP contribution in [-0.2, 0) is 25.9 Å². The highest BCUT2D eigenvalue weighted by Crippen LogP contribution is 2.34. The van der Waals surface area contributed by atoms with Crippen molar-refractivity contribution in [1.82, 2.24) is 20.1 Å². The molecule has 0 saturated carbocycles. The molecular formula is C19H20N4O2S. The van der Waals surface area contributed by atoms with Crippen LogP contribution in [0.3, 0.4) is 0 Å². The molecule has 0 aromatic carbocycles. The molecule has 6 nitrogen and oxygen atoms in total. The van der Waals surface area contributed by atoms with E-state index in [1.165, 1.54) is 4.88 Å². The fraction of sp³-hybridized carbons (Fsp3) is 0.316. The summed E-state index contributed by atoms with van der Waals surface area (Å²) in [6, 6.07) is 6.08. The van der Waals surface area contributed by atoms with Gasteiger partial charge in [-0.05, 0) is 48.9 Å². The molecule has 3 aromatic heterocycles. The molecule has 0 spiro atoms. The van der Waals surface area contributed by atoms with E-state index in [0.29, 0.717) is 18.7 Å². The predicted molar refractivity (Wildman–Crippen MR) is 100 cm³/mol. The zero-order valence-corrected chi connectivity index (χ0v) is 15.1. The molecule has 4 rings (SSSR count). The topological polar surface area (TPSA) is 80.0 Å². The number of hydrogen-bond acceptors (Lipinski definition) is 5. The van der Waals surface area contributed by atoms with Crippen LogP contribution in [0.1, 0.15) is 32.9 Å². The molecule has 134 valence electrons. The molecule has 0 unspecified atom stereocenters. The summed E-state index contributed by atoms with van der Waals surface area (Å²) in [5, 5.41) is 19.8. The lowest BCUT2D eigenvalue weighted by atomic mass is 9.90. The minimum atomic E-state index is -0.900. The lowest BCUT2D eigenvalue weighted by molar-refractivity contribution is 0.0681. The molecule has 0 atom stereocenters. The summed E-state index contributed by atoms with van der Waals surface area (Å²) in [5.41, 5.74) is 4.14. The average molecular weight is 368 g/mol. The molecule has 7 heteroatoms. The standard InChI is InChI=1S/C19H20N4O2S/c24-19(25)18-16-5-4-13-11-21-8-6-15(13)17(16)22-23(18)9-2-7-20-12-14-3-1-10-26-14/h1,3,6,8,10-11,20H,2,4-5,7,9,12H2,(H,24,25). The van der Waals surface area contributed by atoms with E-state index in [-0.39, 0.29) is 0 Å². The van der Waals surface area contributed by atoms with Crippen molar-refractivity contribution < 1.29 is 9.90 Å². The van der Waals surface area contributed by atoms with Gasteiger partial charge in [0.1, 0.15) is 5.69 Å². The van der Waals surface area contributed by atoms with Crippen molar-refractivity contribution >= 4 is 17.3 Å². The second-order valence-corrected chi connectivity index (χ2v) is 7.38. The van der Waals surface area contributed by atoms with Crippen LogP contribution in [-0.4, -0.2) is 32.4 Å². The van der Waals surface area contributed by atoms with E-state index in [2.05, 4.69) is 26.8 Å². The molecule has 0 saturated heterocycles. The van der Waals surface area contributed by atoms with Gasteiger partial charge in [0, 0.05) is 41.5 Å². The zero-order chi connectivity index (χ0) is 17.9. The summed E-state index contributed by atoms with van der Waals surface area (Å²) in [6.45, 7) is 2.26. The van der Waals surface area contributed by atoms with E-state index >= 15 is 0 Å².